The number of nitrogens with one attached hydrogen (secondary N) is 2. The molecule has 0 radical (unpaired) electrons. The van der Waals surface area contributed by atoms with Crippen molar-refractivity contribution in [3.8, 4) is 0 Å². The first-order valence-corrected chi connectivity index (χ1v) is 10.4. The molecule has 156 valence electrons. The summed E-state index contributed by atoms with van der Waals surface area (Å²) in [6.45, 7) is 8.92. The van der Waals surface area contributed by atoms with E-state index in [9.17, 15) is 0 Å². The fourth-order valence-corrected chi connectivity index (χ4v) is 3.92. The van der Waals surface area contributed by atoms with E-state index >= 15 is 0 Å². The zero-order chi connectivity index (χ0) is 20.0. The van der Waals surface area contributed by atoms with Gasteiger partial charge in [-0.15, -0.1) is 35.3 Å². The van der Waals surface area contributed by atoms with Crippen molar-refractivity contribution in [2.75, 3.05) is 13.6 Å². The number of nitrogens with zero attached hydrogens (tertiary/aromatic N) is 3. The molecule has 0 aliphatic rings. The molecule has 7 heteroatoms. The Bertz CT molecular complexity index is 915. The van der Waals surface area contributed by atoms with E-state index in [0.717, 1.165) is 31.4 Å². The van der Waals surface area contributed by atoms with Gasteiger partial charge in [0.25, 0.3) is 0 Å². The molecule has 0 saturated heterocycles. The number of rotatable bonds is 7. The number of aromatic nitrogens is 2. The van der Waals surface area contributed by atoms with Crippen LogP contribution in [0.3, 0.4) is 0 Å². The van der Waals surface area contributed by atoms with Crippen molar-refractivity contribution in [3.63, 3.8) is 0 Å². The molecule has 0 bridgehead atoms. The van der Waals surface area contributed by atoms with Crippen LogP contribution >= 0.6 is 35.3 Å². The first kappa shape index (κ1) is 23.4. The zero-order valence-corrected chi connectivity index (χ0v) is 20.6. The molecule has 3 aromatic rings. The number of benzene rings is 1. The first-order chi connectivity index (χ1) is 13.5. The van der Waals surface area contributed by atoms with Crippen molar-refractivity contribution in [1.82, 2.24) is 20.2 Å². The molecule has 5 nitrogen and oxygen atoms in total. The molecule has 0 aliphatic heterocycles. The van der Waals surface area contributed by atoms with Gasteiger partial charge >= 0.3 is 0 Å². The second kappa shape index (κ2) is 10.8. The van der Waals surface area contributed by atoms with Crippen LogP contribution in [0.15, 0.2) is 59.2 Å². The standard InChI is InChI=1S/C22H29N5S.HI/c1-17-24-10-11-27(17)15-19-8-5-7-18(13-19)14-25-21(23-4)26-16-22(2,3)20-9-6-12-28-20;/h5-13H,14-16H2,1-4H3,(H2,23,25,26);1H. The Hall–Kier alpha value is -1.87. The normalized spacial score (nSPS) is 11.8. The number of hydrogen-bond donors (Lipinski definition) is 2. The molecular formula is C22H30IN5S. The lowest BCUT2D eigenvalue weighted by Crippen LogP contribution is -2.42. The lowest BCUT2D eigenvalue weighted by molar-refractivity contribution is 0.518. The van der Waals surface area contributed by atoms with Crippen LogP contribution in [0.4, 0.5) is 0 Å². The van der Waals surface area contributed by atoms with Crippen LogP contribution < -0.4 is 10.6 Å². The fourth-order valence-electron chi connectivity index (χ4n) is 3.07. The number of aliphatic imine (C=N–C) groups is 1. The Morgan fingerprint density at radius 1 is 1.17 bits per heavy atom. The van der Waals surface area contributed by atoms with Gasteiger partial charge in [-0.25, -0.2) is 4.98 Å². The first-order valence-electron chi connectivity index (χ1n) is 9.52. The van der Waals surface area contributed by atoms with E-state index in [-0.39, 0.29) is 29.4 Å². The van der Waals surface area contributed by atoms with Crippen LogP contribution in [-0.4, -0.2) is 29.1 Å². The van der Waals surface area contributed by atoms with Gasteiger partial charge in [-0.3, -0.25) is 4.99 Å². The van der Waals surface area contributed by atoms with Gasteiger partial charge in [0.15, 0.2) is 5.96 Å². The van der Waals surface area contributed by atoms with Crippen molar-refractivity contribution >= 4 is 41.3 Å². The quantitative estimate of drug-likeness (QED) is 0.271. The van der Waals surface area contributed by atoms with E-state index in [0.29, 0.717) is 0 Å². The van der Waals surface area contributed by atoms with Crippen molar-refractivity contribution < 1.29 is 0 Å². The average molecular weight is 523 g/mol. The van der Waals surface area contributed by atoms with E-state index < -0.39 is 0 Å². The lowest BCUT2D eigenvalue weighted by atomic mass is 9.91. The van der Waals surface area contributed by atoms with E-state index in [1.807, 2.05) is 26.4 Å². The maximum absolute atomic E-state index is 4.37. The molecule has 0 spiro atoms. The summed E-state index contributed by atoms with van der Waals surface area (Å²) in [6.07, 6.45) is 3.86. The molecule has 0 fully saturated rings. The maximum Gasteiger partial charge on any atom is 0.191 e. The summed E-state index contributed by atoms with van der Waals surface area (Å²) < 4.78 is 2.15. The van der Waals surface area contributed by atoms with Gasteiger partial charge in [0.05, 0.1) is 0 Å². The van der Waals surface area contributed by atoms with Crippen molar-refractivity contribution in [1.29, 1.82) is 0 Å². The van der Waals surface area contributed by atoms with E-state index in [1.165, 1.54) is 16.0 Å². The van der Waals surface area contributed by atoms with Gasteiger partial charge in [0.1, 0.15) is 5.82 Å². The summed E-state index contributed by atoms with van der Waals surface area (Å²) in [5, 5.41) is 9.01. The van der Waals surface area contributed by atoms with Crippen molar-refractivity contribution in [2.24, 2.45) is 4.99 Å². The van der Waals surface area contributed by atoms with Gasteiger partial charge in [0.2, 0.25) is 0 Å². The predicted octanol–water partition coefficient (Wildman–Crippen LogP) is 4.56. The van der Waals surface area contributed by atoms with Crippen molar-refractivity contribution in [2.45, 2.75) is 39.3 Å². The SMILES string of the molecule is CN=C(NCc1cccc(Cn2ccnc2C)c1)NCC(C)(C)c1cccs1.I. The smallest absolute Gasteiger partial charge is 0.191 e. The Morgan fingerprint density at radius 3 is 2.62 bits per heavy atom. The molecule has 2 N–H and O–H groups in total. The highest BCUT2D eigenvalue weighted by Gasteiger charge is 2.21. The van der Waals surface area contributed by atoms with Gasteiger partial charge in [-0.05, 0) is 29.5 Å². The minimum Gasteiger partial charge on any atom is -0.356 e. The summed E-state index contributed by atoms with van der Waals surface area (Å²) >= 11 is 1.80. The summed E-state index contributed by atoms with van der Waals surface area (Å²) in [5.41, 5.74) is 2.56. The van der Waals surface area contributed by atoms with Gasteiger partial charge in [-0.2, -0.15) is 0 Å². The lowest BCUT2D eigenvalue weighted by Gasteiger charge is -2.25. The molecule has 0 unspecified atom stereocenters. The average Bonchev–Trinajstić information content (AvgIpc) is 3.35. The topological polar surface area (TPSA) is 54.2 Å². The highest BCUT2D eigenvalue weighted by Crippen LogP contribution is 2.26. The Balaban J connectivity index is 0.00000300. The van der Waals surface area contributed by atoms with E-state index in [1.54, 1.807) is 11.3 Å². The molecule has 3 rings (SSSR count). The Labute approximate surface area is 194 Å². The number of thiophene rings is 1. The second-order valence-corrected chi connectivity index (χ2v) is 8.51. The maximum atomic E-state index is 4.37. The monoisotopic (exact) mass is 523 g/mol. The van der Waals surface area contributed by atoms with E-state index in [2.05, 4.69) is 80.8 Å². The third-order valence-electron chi connectivity index (χ3n) is 4.84. The molecule has 0 saturated carbocycles. The summed E-state index contributed by atoms with van der Waals surface area (Å²) in [6, 6.07) is 12.9. The molecule has 0 amide bonds. The van der Waals surface area contributed by atoms with Crippen LogP contribution in [0, 0.1) is 6.92 Å². The summed E-state index contributed by atoms with van der Waals surface area (Å²) in [4.78, 5) is 10.0. The minimum atomic E-state index is 0. The van der Waals surface area contributed by atoms with Crippen molar-refractivity contribution in [3.05, 3.63) is 76.0 Å². The Morgan fingerprint density at radius 2 is 1.97 bits per heavy atom. The third-order valence-corrected chi connectivity index (χ3v) is 6.07. The Kier molecular flexibility index (Phi) is 8.70. The summed E-state index contributed by atoms with van der Waals surface area (Å²) in [7, 11) is 1.81. The fraction of sp³-hybridized carbons (Fsp3) is 0.364. The van der Waals surface area contributed by atoms with Crippen LogP contribution in [0.5, 0.6) is 0 Å². The minimum absolute atomic E-state index is 0. The predicted molar refractivity (Wildman–Crippen MR) is 133 cm³/mol. The largest absolute Gasteiger partial charge is 0.356 e. The third kappa shape index (κ3) is 6.57. The highest BCUT2D eigenvalue weighted by molar-refractivity contribution is 14.0. The molecule has 1 aromatic carbocycles. The summed E-state index contributed by atoms with van der Waals surface area (Å²) in [5.74, 6) is 1.85. The zero-order valence-electron chi connectivity index (χ0n) is 17.5. The van der Waals surface area contributed by atoms with Gasteiger partial charge < -0.3 is 15.2 Å². The van der Waals surface area contributed by atoms with Gasteiger partial charge in [0, 0.05) is 49.4 Å². The second-order valence-electron chi connectivity index (χ2n) is 7.56. The number of halogens is 1. The number of guanidine groups is 1. The molecule has 29 heavy (non-hydrogen) atoms. The highest BCUT2D eigenvalue weighted by atomic mass is 127. The molecule has 2 aromatic heterocycles. The van der Waals surface area contributed by atoms with Crippen LogP contribution in [0.1, 0.15) is 35.7 Å². The molecule has 0 aliphatic carbocycles. The molecule has 2 heterocycles. The molecule has 0 atom stereocenters. The number of hydrogen-bond acceptors (Lipinski definition) is 3. The van der Waals surface area contributed by atoms with Crippen LogP contribution in [0.2, 0.25) is 0 Å². The number of imidazole rings is 1. The molecular weight excluding hydrogens is 493 g/mol. The van der Waals surface area contributed by atoms with E-state index in [4.69, 9.17) is 0 Å². The number of aryl methyl sites for hydroxylation is 1. The van der Waals surface area contributed by atoms with Gasteiger partial charge in [-0.1, -0.05) is 44.2 Å². The van der Waals surface area contributed by atoms with Crippen LogP contribution in [-0.2, 0) is 18.5 Å². The van der Waals surface area contributed by atoms with Crippen LogP contribution in [0.25, 0.3) is 0 Å².